The molecular formula is C13H17NO6. The normalized spacial score (nSPS) is 13.2. The highest BCUT2D eigenvalue weighted by Gasteiger charge is 2.29. The zero-order valence-electron chi connectivity index (χ0n) is 11.4. The predicted molar refractivity (Wildman–Crippen MR) is 69.7 cm³/mol. The SMILES string of the molecule is COc1ccc(C(O)C(NC(C)=O)C(=O)O)cc1OC. The van der Waals surface area contributed by atoms with Gasteiger partial charge in [-0.2, -0.15) is 0 Å². The first-order chi connectivity index (χ1) is 9.40. The average Bonchev–Trinajstić information content (AvgIpc) is 2.42. The summed E-state index contributed by atoms with van der Waals surface area (Å²) in [6, 6.07) is 3.07. The minimum atomic E-state index is -1.44. The molecule has 1 aromatic carbocycles. The molecule has 3 N–H and O–H groups in total. The Hall–Kier alpha value is -2.28. The highest BCUT2D eigenvalue weighted by atomic mass is 16.5. The van der Waals surface area contributed by atoms with Gasteiger partial charge >= 0.3 is 5.97 Å². The molecule has 0 spiro atoms. The van der Waals surface area contributed by atoms with Crippen LogP contribution in [0, 0.1) is 0 Å². The highest BCUT2D eigenvalue weighted by Crippen LogP contribution is 2.30. The molecule has 1 aromatic rings. The maximum Gasteiger partial charge on any atom is 0.329 e. The van der Waals surface area contributed by atoms with Crippen molar-refractivity contribution >= 4 is 11.9 Å². The second-order valence-corrected chi connectivity index (χ2v) is 4.08. The van der Waals surface area contributed by atoms with E-state index in [0.717, 1.165) is 0 Å². The number of amides is 1. The predicted octanol–water partition coefficient (Wildman–Crippen LogP) is 0.326. The number of carbonyl (C=O) groups is 2. The van der Waals surface area contributed by atoms with Gasteiger partial charge in [0.05, 0.1) is 14.2 Å². The third-order valence-electron chi connectivity index (χ3n) is 2.69. The van der Waals surface area contributed by atoms with Gasteiger partial charge in [-0.3, -0.25) is 4.79 Å². The van der Waals surface area contributed by atoms with E-state index in [0.29, 0.717) is 17.1 Å². The Morgan fingerprint density at radius 2 is 1.80 bits per heavy atom. The molecular weight excluding hydrogens is 266 g/mol. The summed E-state index contributed by atoms with van der Waals surface area (Å²) in [6.45, 7) is 1.18. The van der Waals surface area contributed by atoms with Crippen molar-refractivity contribution in [1.29, 1.82) is 0 Å². The number of ether oxygens (including phenoxy) is 2. The lowest BCUT2D eigenvalue weighted by Gasteiger charge is -2.21. The van der Waals surface area contributed by atoms with Crippen LogP contribution in [0.1, 0.15) is 18.6 Å². The summed E-state index contributed by atoms with van der Waals surface area (Å²) >= 11 is 0. The fraction of sp³-hybridized carbons (Fsp3) is 0.385. The molecule has 0 radical (unpaired) electrons. The zero-order valence-corrected chi connectivity index (χ0v) is 11.4. The maximum atomic E-state index is 11.1. The number of methoxy groups -OCH3 is 2. The third kappa shape index (κ3) is 3.61. The quantitative estimate of drug-likeness (QED) is 0.694. The largest absolute Gasteiger partial charge is 0.493 e. The number of aliphatic hydroxyl groups excluding tert-OH is 1. The van der Waals surface area contributed by atoms with Crippen molar-refractivity contribution in [3.05, 3.63) is 23.8 Å². The Morgan fingerprint density at radius 1 is 1.20 bits per heavy atom. The average molecular weight is 283 g/mol. The lowest BCUT2D eigenvalue weighted by molar-refractivity contribution is -0.145. The molecule has 1 amide bonds. The Labute approximate surface area is 116 Å². The van der Waals surface area contributed by atoms with Crippen LogP contribution in [0.5, 0.6) is 11.5 Å². The molecule has 0 saturated carbocycles. The molecule has 0 aliphatic heterocycles. The number of nitrogens with one attached hydrogen (secondary N) is 1. The molecule has 2 atom stereocenters. The molecule has 0 aliphatic rings. The van der Waals surface area contributed by atoms with Crippen LogP contribution in [0.15, 0.2) is 18.2 Å². The molecule has 0 aliphatic carbocycles. The smallest absolute Gasteiger partial charge is 0.329 e. The summed E-state index contributed by atoms with van der Waals surface area (Å²) in [5, 5.41) is 21.3. The molecule has 7 nitrogen and oxygen atoms in total. The van der Waals surface area contributed by atoms with Crippen molar-refractivity contribution in [3.63, 3.8) is 0 Å². The highest BCUT2D eigenvalue weighted by molar-refractivity contribution is 5.82. The number of carboxylic acids is 1. The van der Waals surface area contributed by atoms with Crippen molar-refractivity contribution in [2.75, 3.05) is 14.2 Å². The summed E-state index contributed by atoms with van der Waals surface area (Å²) in [6.07, 6.45) is -1.41. The van der Waals surface area contributed by atoms with Crippen LogP contribution < -0.4 is 14.8 Å². The van der Waals surface area contributed by atoms with E-state index in [1.165, 1.54) is 33.3 Å². The summed E-state index contributed by atoms with van der Waals surface area (Å²) < 4.78 is 10.1. The van der Waals surface area contributed by atoms with E-state index >= 15 is 0 Å². The van der Waals surface area contributed by atoms with E-state index in [1.54, 1.807) is 6.07 Å². The molecule has 0 heterocycles. The van der Waals surface area contributed by atoms with E-state index in [1.807, 2.05) is 0 Å². The molecule has 0 fully saturated rings. The molecule has 0 bridgehead atoms. The van der Waals surface area contributed by atoms with Crippen molar-refractivity contribution in [2.24, 2.45) is 0 Å². The summed E-state index contributed by atoms with van der Waals surface area (Å²) in [4.78, 5) is 22.1. The number of hydrogen-bond acceptors (Lipinski definition) is 5. The van der Waals surface area contributed by atoms with Crippen LogP contribution in [0.4, 0.5) is 0 Å². The van der Waals surface area contributed by atoms with Gasteiger partial charge in [0.1, 0.15) is 6.10 Å². The van der Waals surface area contributed by atoms with Gasteiger partial charge in [-0.05, 0) is 17.7 Å². The fourth-order valence-corrected chi connectivity index (χ4v) is 1.72. The lowest BCUT2D eigenvalue weighted by Crippen LogP contribution is -2.44. The Balaban J connectivity index is 3.08. The van der Waals surface area contributed by atoms with Crippen molar-refractivity contribution in [3.8, 4) is 11.5 Å². The van der Waals surface area contributed by atoms with Gasteiger partial charge in [0, 0.05) is 6.92 Å². The summed E-state index contributed by atoms with van der Waals surface area (Å²) in [7, 11) is 2.89. The summed E-state index contributed by atoms with van der Waals surface area (Å²) in [5.74, 6) is -1.06. The molecule has 7 heteroatoms. The minimum absolute atomic E-state index is 0.295. The van der Waals surface area contributed by atoms with Crippen molar-refractivity contribution in [1.82, 2.24) is 5.32 Å². The standard InChI is InChI=1S/C13H17NO6/c1-7(15)14-11(13(17)18)12(16)8-4-5-9(19-2)10(6-8)20-3/h4-6,11-12,16H,1-3H3,(H,14,15)(H,17,18). The molecule has 0 aromatic heterocycles. The molecule has 20 heavy (non-hydrogen) atoms. The molecule has 2 unspecified atom stereocenters. The number of carboxylic acid groups (broad SMARTS) is 1. The van der Waals surface area contributed by atoms with E-state index in [-0.39, 0.29) is 0 Å². The number of hydrogen-bond donors (Lipinski definition) is 3. The van der Waals surface area contributed by atoms with E-state index in [2.05, 4.69) is 5.32 Å². The van der Waals surface area contributed by atoms with Crippen LogP contribution in [-0.4, -0.2) is 42.4 Å². The van der Waals surface area contributed by atoms with Crippen molar-refractivity contribution < 1.29 is 29.3 Å². The summed E-state index contributed by atoms with van der Waals surface area (Å²) in [5.41, 5.74) is 0.295. The van der Waals surface area contributed by atoms with E-state index < -0.39 is 24.0 Å². The third-order valence-corrected chi connectivity index (χ3v) is 2.69. The minimum Gasteiger partial charge on any atom is -0.493 e. The van der Waals surface area contributed by atoms with Crippen LogP contribution >= 0.6 is 0 Å². The Morgan fingerprint density at radius 3 is 2.25 bits per heavy atom. The topological polar surface area (TPSA) is 105 Å². The van der Waals surface area contributed by atoms with Crippen LogP contribution in [0.25, 0.3) is 0 Å². The van der Waals surface area contributed by atoms with Gasteiger partial charge < -0.3 is 25.0 Å². The van der Waals surface area contributed by atoms with Crippen molar-refractivity contribution in [2.45, 2.75) is 19.1 Å². The molecule has 1 rings (SSSR count). The first-order valence-electron chi connectivity index (χ1n) is 5.80. The number of aliphatic hydroxyl groups is 1. The first-order valence-corrected chi connectivity index (χ1v) is 5.80. The molecule has 0 saturated heterocycles. The van der Waals surface area contributed by atoms with E-state index in [9.17, 15) is 14.7 Å². The van der Waals surface area contributed by atoms with Crippen LogP contribution in [-0.2, 0) is 9.59 Å². The van der Waals surface area contributed by atoms with Crippen LogP contribution in [0.2, 0.25) is 0 Å². The number of aliphatic carboxylic acids is 1. The second-order valence-electron chi connectivity index (χ2n) is 4.08. The van der Waals surface area contributed by atoms with Crippen LogP contribution in [0.3, 0.4) is 0 Å². The van der Waals surface area contributed by atoms with Gasteiger partial charge in [-0.15, -0.1) is 0 Å². The van der Waals surface area contributed by atoms with Gasteiger partial charge in [-0.1, -0.05) is 6.07 Å². The van der Waals surface area contributed by atoms with Gasteiger partial charge in [0.2, 0.25) is 5.91 Å². The first kappa shape index (κ1) is 15.8. The Bertz CT molecular complexity index is 502. The lowest BCUT2D eigenvalue weighted by atomic mass is 10.0. The van der Waals surface area contributed by atoms with Gasteiger partial charge in [-0.25, -0.2) is 4.79 Å². The van der Waals surface area contributed by atoms with Gasteiger partial charge in [0.25, 0.3) is 0 Å². The number of benzene rings is 1. The second kappa shape index (κ2) is 6.76. The maximum absolute atomic E-state index is 11.1. The monoisotopic (exact) mass is 283 g/mol. The number of carbonyl (C=O) groups excluding carboxylic acids is 1. The van der Waals surface area contributed by atoms with Gasteiger partial charge in [0.15, 0.2) is 17.5 Å². The number of rotatable bonds is 6. The Kier molecular flexibility index (Phi) is 5.33. The zero-order chi connectivity index (χ0) is 15.3. The fourth-order valence-electron chi connectivity index (χ4n) is 1.72. The molecule has 110 valence electrons. The van der Waals surface area contributed by atoms with E-state index in [4.69, 9.17) is 14.6 Å².